The number of carbonyl (C=O) groups is 2. The first-order chi connectivity index (χ1) is 15.4. The number of hydrogen-bond acceptors (Lipinski definition) is 6. The number of rotatable bonds is 10. The second kappa shape index (κ2) is 10.5. The number of carbonyl (C=O) groups excluding carboxylic acids is 2. The van der Waals surface area contributed by atoms with E-state index in [-0.39, 0.29) is 23.7 Å². The topological polar surface area (TPSA) is 77.1 Å². The van der Waals surface area contributed by atoms with Crippen LogP contribution in [0.25, 0.3) is 5.57 Å². The van der Waals surface area contributed by atoms with Gasteiger partial charge in [-0.2, -0.15) is 0 Å². The van der Waals surface area contributed by atoms with E-state index in [0.29, 0.717) is 47.4 Å². The van der Waals surface area contributed by atoms with Crippen molar-refractivity contribution in [3.63, 3.8) is 0 Å². The van der Waals surface area contributed by atoms with Crippen molar-refractivity contribution in [2.75, 3.05) is 39.3 Å². The molecule has 7 nitrogen and oxygen atoms in total. The molecule has 8 heteroatoms. The highest BCUT2D eigenvalue weighted by Gasteiger charge is 2.39. The van der Waals surface area contributed by atoms with Crippen molar-refractivity contribution in [1.29, 1.82) is 0 Å². The molecule has 2 amide bonds. The lowest BCUT2D eigenvalue weighted by Gasteiger charge is -2.15. The Hall–Kier alpha value is -3.03. The van der Waals surface area contributed by atoms with Crippen LogP contribution < -0.4 is 14.8 Å². The van der Waals surface area contributed by atoms with E-state index in [1.54, 1.807) is 30.3 Å². The molecule has 1 heterocycles. The number of nitrogens with zero attached hydrogens (tertiary/aromatic N) is 1. The Morgan fingerprint density at radius 3 is 2.44 bits per heavy atom. The number of benzene rings is 2. The molecule has 0 saturated heterocycles. The summed E-state index contributed by atoms with van der Waals surface area (Å²) in [7, 11) is 3.06. The van der Waals surface area contributed by atoms with E-state index >= 15 is 0 Å². The van der Waals surface area contributed by atoms with Crippen LogP contribution in [-0.2, 0) is 14.3 Å². The highest BCUT2D eigenvalue weighted by molar-refractivity contribution is 6.36. The summed E-state index contributed by atoms with van der Waals surface area (Å²) in [5.41, 5.74) is 2.57. The Bertz CT molecular complexity index is 1050. The Morgan fingerprint density at radius 2 is 1.75 bits per heavy atom. The molecule has 1 aliphatic rings. The molecule has 3 rings (SSSR count). The molecule has 0 fully saturated rings. The Labute approximate surface area is 192 Å². The van der Waals surface area contributed by atoms with E-state index in [9.17, 15) is 9.59 Å². The fourth-order valence-corrected chi connectivity index (χ4v) is 3.66. The Morgan fingerprint density at radius 1 is 1.00 bits per heavy atom. The molecule has 0 bridgehead atoms. The maximum atomic E-state index is 13.4. The van der Waals surface area contributed by atoms with Gasteiger partial charge in [-0.15, -0.1) is 0 Å². The number of imide groups is 1. The normalized spacial score (nSPS) is 13.7. The average molecular weight is 459 g/mol. The second-order valence-corrected chi connectivity index (χ2v) is 7.65. The van der Waals surface area contributed by atoms with Crippen molar-refractivity contribution in [2.24, 2.45) is 0 Å². The lowest BCUT2D eigenvalue weighted by Crippen LogP contribution is -2.34. The maximum absolute atomic E-state index is 13.4. The summed E-state index contributed by atoms with van der Waals surface area (Å²) < 4.78 is 16.1. The fraction of sp³-hybridized carbons (Fsp3) is 0.333. The van der Waals surface area contributed by atoms with E-state index in [0.717, 1.165) is 5.56 Å². The third kappa shape index (κ3) is 4.89. The quantitative estimate of drug-likeness (QED) is 0.423. The largest absolute Gasteiger partial charge is 0.493 e. The number of anilines is 1. The van der Waals surface area contributed by atoms with Crippen molar-refractivity contribution < 1.29 is 23.8 Å². The van der Waals surface area contributed by atoms with E-state index in [4.69, 9.17) is 25.8 Å². The SMILES string of the molecule is CCOCCCN1C(=O)C(Nc2cc(Cl)ccc2C)=C(c2ccc(OC)c(OC)c2)C1=O. The minimum atomic E-state index is -0.393. The van der Waals surface area contributed by atoms with Crippen LogP contribution >= 0.6 is 11.6 Å². The van der Waals surface area contributed by atoms with Crippen LogP contribution in [0.2, 0.25) is 5.02 Å². The van der Waals surface area contributed by atoms with Crippen LogP contribution in [0.5, 0.6) is 11.5 Å². The van der Waals surface area contributed by atoms with Crippen LogP contribution in [0.4, 0.5) is 5.69 Å². The number of nitrogens with one attached hydrogen (secondary N) is 1. The molecule has 0 aromatic heterocycles. The van der Waals surface area contributed by atoms with Gasteiger partial charge in [0.2, 0.25) is 0 Å². The predicted octanol–water partition coefficient (Wildman–Crippen LogP) is 4.28. The molecular formula is C24H27ClN2O5. The van der Waals surface area contributed by atoms with Gasteiger partial charge in [-0.25, -0.2) is 0 Å². The minimum absolute atomic E-state index is 0.198. The fourth-order valence-electron chi connectivity index (χ4n) is 3.49. The molecule has 170 valence electrons. The molecule has 0 radical (unpaired) electrons. The van der Waals surface area contributed by atoms with Crippen LogP contribution in [-0.4, -0.2) is 50.7 Å². The monoisotopic (exact) mass is 458 g/mol. The van der Waals surface area contributed by atoms with Gasteiger partial charge in [0, 0.05) is 30.5 Å². The van der Waals surface area contributed by atoms with Gasteiger partial charge in [-0.05, 0) is 55.7 Å². The van der Waals surface area contributed by atoms with Gasteiger partial charge in [0.05, 0.1) is 19.8 Å². The third-order valence-electron chi connectivity index (χ3n) is 5.17. The van der Waals surface area contributed by atoms with Gasteiger partial charge in [-0.1, -0.05) is 23.7 Å². The van der Waals surface area contributed by atoms with Crippen molar-refractivity contribution >= 4 is 34.7 Å². The second-order valence-electron chi connectivity index (χ2n) is 7.22. The molecular weight excluding hydrogens is 432 g/mol. The van der Waals surface area contributed by atoms with Gasteiger partial charge in [0.15, 0.2) is 11.5 Å². The first-order valence-corrected chi connectivity index (χ1v) is 10.7. The van der Waals surface area contributed by atoms with Crippen molar-refractivity contribution in [3.8, 4) is 11.5 Å². The van der Waals surface area contributed by atoms with Gasteiger partial charge in [0.1, 0.15) is 5.70 Å². The van der Waals surface area contributed by atoms with Crippen LogP contribution in [0.15, 0.2) is 42.1 Å². The third-order valence-corrected chi connectivity index (χ3v) is 5.41. The average Bonchev–Trinajstić information content (AvgIpc) is 3.02. The van der Waals surface area contributed by atoms with Crippen molar-refractivity contribution in [2.45, 2.75) is 20.3 Å². The summed E-state index contributed by atoms with van der Waals surface area (Å²) in [6, 6.07) is 10.5. The number of halogens is 1. The van der Waals surface area contributed by atoms with E-state index in [2.05, 4.69) is 5.32 Å². The zero-order valence-corrected chi connectivity index (χ0v) is 19.4. The molecule has 0 unspecified atom stereocenters. The standard InChI is InChI=1S/C24H27ClN2O5/c1-5-32-12-6-11-27-23(28)21(16-8-10-19(30-3)20(13-16)31-4)22(24(27)29)26-18-14-17(25)9-7-15(18)2/h7-10,13-14,26H,5-6,11-12H2,1-4H3. The summed E-state index contributed by atoms with van der Waals surface area (Å²) in [4.78, 5) is 27.9. The van der Waals surface area contributed by atoms with Crippen LogP contribution in [0.1, 0.15) is 24.5 Å². The first kappa shape index (κ1) is 23.6. The zero-order valence-electron chi connectivity index (χ0n) is 18.7. The number of aryl methyl sites for hydroxylation is 1. The highest BCUT2D eigenvalue weighted by Crippen LogP contribution is 2.36. The lowest BCUT2D eigenvalue weighted by molar-refractivity contribution is -0.137. The molecule has 2 aromatic rings. The predicted molar refractivity (Wildman–Crippen MR) is 124 cm³/mol. The molecule has 0 spiro atoms. The molecule has 0 atom stereocenters. The smallest absolute Gasteiger partial charge is 0.278 e. The summed E-state index contributed by atoms with van der Waals surface area (Å²) in [6.07, 6.45) is 0.550. The number of methoxy groups -OCH3 is 2. The van der Waals surface area contributed by atoms with E-state index < -0.39 is 5.91 Å². The summed E-state index contributed by atoms with van der Waals surface area (Å²) in [5, 5.41) is 3.68. The summed E-state index contributed by atoms with van der Waals surface area (Å²) >= 11 is 6.16. The van der Waals surface area contributed by atoms with E-state index in [1.807, 2.05) is 19.9 Å². The molecule has 0 saturated carbocycles. The van der Waals surface area contributed by atoms with Crippen LogP contribution in [0, 0.1) is 6.92 Å². The summed E-state index contributed by atoms with van der Waals surface area (Å²) in [6.45, 7) is 5.11. The molecule has 32 heavy (non-hydrogen) atoms. The number of ether oxygens (including phenoxy) is 3. The van der Waals surface area contributed by atoms with Gasteiger partial charge in [-0.3, -0.25) is 14.5 Å². The van der Waals surface area contributed by atoms with Gasteiger partial charge in [0.25, 0.3) is 11.8 Å². The van der Waals surface area contributed by atoms with Crippen molar-refractivity contribution in [1.82, 2.24) is 4.90 Å². The molecule has 1 aliphatic heterocycles. The highest BCUT2D eigenvalue weighted by atomic mass is 35.5. The van der Waals surface area contributed by atoms with E-state index in [1.165, 1.54) is 19.1 Å². The zero-order chi connectivity index (χ0) is 23.3. The molecule has 2 aromatic carbocycles. The molecule has 1 N–H and O–H groups in total. The number of hydrogen-bond donors (Lipinski definition) is 1. The Kier molecular flexibility index (Phi) is 7.77. The number of amides is 2. The van der Waals surface area contributed by atoms with Gasteiger partial charge >= 0.3 is 0 Å². The van der Waals surface area contributed by atoms with Crippen molar-refractivity contribution in [3.05, 3.63) is 58.2 Å². The van der Waals surface area contributed by atoms with Gasteiger partial charge < -0.3 is 19.5 Å². The summed E-state index contributed by atoms with van der Waals surface area (Å²) in [5.74, 6) is 0.227. The molecule has 0 aliphatic carbocycles. The first-order valence-electron chi connectivity index (χ1n) is 10.3. The lowest BCUT2D eigenvalue weighted by atomic mass is 10.0. The van der Waals surface area contributed by atoms with Crippen LogP contribution in [0.3, 0.4) is 0 Å². The minimum Gasteiger partial charge on any atom is -0.493 e. The maximum Gasteiger partial charge on any atom is 0.278 e. The Balaban J connectivity index is 2.04.